The molecule has 2 aliphatic rings. The summed E-state index contributed by atoms with van der Waals surface area (Å²) in [5.41, 5.74) is 5.87. The molecule has 1 aliphatic heterocycles. The first kappa shape index (κ1) is 23.4. The van der Waals surface area contributed by atoms with Crippen LogP contribution in [-0.4, -0.2) is 16.7 Å². The topological polar surface area (TPSA) is 38.4 Å². The molecular formula is C37H30N2O. The molecule has 3 nitrogen and oxygen atoms in total. The lowest BCUT2D eigenvalue weighted by atomic mass is 9.75. The summed E-state index contributed by atoms with van der Waals surface area (Å²) in [7, 11) is 0. The van der Waals surface area contributed by atoms with Gasteiger partial charge < -0.3 is 4.42 Å². The van der Waals surface area contributed by atoms with Crippen molar-refractivity contribution < 1.29 is 4.42 Å². The molecule has 0 spiro atoms. The lowest BCUT2D eigenvalue weighted by molar-refractivity contribution is 0.392. The van der Waals surface area contributed by atoms with Crippen LogP contribution in [0.4, 0.5) is 0 Å². The van der Waals surface area contributed by atoms with E-state index < -0.39 is 0 Å². The molecule has 40 heavy (non-hydrogen) atoms. The van der Waals surface area contributed by atoms with Crippen molar-refractivity contribution in [2.45, 2.75) is 38.6 Å². The van der Waals surface area contributed by atoms with Crippen molar-refractivity contribution in [2.75, 3.05) is 0 Å². The summed E-state index contributed by atoms with van der Waals surface area (Å²) in [5, 5.41) is 7.72. The number of benzene rings is 4. The highest BCUT2D eigenvalue weighted by Gasteiger charge is 2.35. The molecule has 6 aromatic rings. The zero-order valence-corrected chi connectivity index (χ0v) is 22.8. The number of hydrogen-bond acceptors (Lipinski definition) is 3. The molecule has 0 radical (unpaired) electrons. The first-order chi connectivity index (χ1) is 19.7. The molecule has 2 aromatic heterocycles. The average molecular weight is 519 g/mol. The Bertz CT molecular complexity index is 2010. The third kappa shape index (κ3) is 3.57. The molecule has 0 amide bonds. The van der Waals surface area contributed by atoms with E-state index in [2.05, 4.69) is 111 Å². The number of aromatic nitrogens is 1. The Morgan fingerprint density at radius 1 is 0.775 bits per heavy atom. The molecule has 2 unspecified atom stereocenters. The fourth-order valence-corrected chi connectivity index (χ4v) is 7.14. The maximum absolute atomic E-state index is 6.52. The Labute approximate surface area is 233 Å². The molecule has 0 bridgehead atoms. The summed E-state index contributed by atoms with van der Waals surface area (Å²) in [4.78, 5) is 9.95. The highest BCUT2D eigenvalue weighted by Crippen LogP contribution is 2.41. The van der Waals surface area contributed by atoms with Gasteiger partial charge in [-0.15, -0.1) is 0 Å². The molecule has 3 atom stereocenters. The number of hydrogen-bond donors (Lipinski definition) is 0. The number of rotatable bonds is 2. The molecule has 3 heterocycles. The van der Waals surface area contributed by atoms with Gasteiger partial charge in [-0.05, 0) is 106 Å². The minimum atomic E-state index is 0.126. The molecule has 3 heteroatoms. The first-order valence-electron chi connectivity index (χ1n) is 14.3. The average Bonchev–Trinajstić information content (AvgIpc) is 3.42. The summed E-state index contributed by atoms with van der Waals surface area (Å²) in [5.74, 6) is 2.43. The van der Waals surface area contributed by atoms with Gasteiger partial charge in [0.1, 0.15) is 11.5 Å². The Morgan fingerprint density at radius 3 is 2.48 bits per heavy atom. The van der Waals surface area contributed by atoms with Crippen LogP contribution in [0.25, 0.3) is 43.6 Å². The maximum atomic E-state index is 6.52. The summed E-state index contributed by atoms with van der Waals surface area (Å²) in [6.07, 6.45) is 8.63. The fraction of sp³-hybridized carbons (Fsp3) is 0.189. The molecule has 0 saturated heterocycles. The molecule has 194 valence electrons. The van der Waals surface area contributed by atoms with Gasteiger partial charge in [-0.1, -0.05) is 66.7 Å². The fourth-order valence-electron chi connectivity index (χ4n) is 7.14. The van der Waals surface area contributed by atoms with Crippen LogP contribution >= 0.6 is 0 Å². The summed E-state index contributed by atoms with van der Waals surface area (Å²) in [6.45, 7) is 4.43. The Hall–Kier alpha value is -4.50. The number of pyridine rings is 1. The molecular weight excluding hydrogens is 488 g/mol. The molecule has 8 rings (SSSR count). The third-order valence-corrected chi connectivity index (χ3v) is 9.03. The Balaban J connectivity index is 1.22. The smallest absolute Gasteiger partial charge is 0.152 e. The van der Waals surface area contributed by atoms with Gasteiger partial charge in [0.25, 0.3) is 0 Å². The second-order valence-corrected chi connectivity index (χ2v) is 11.4. The minimum absolute atomic E-state index is 0.126. The van der Waals surface area contributed by atoms with E-state index in [9.17, 15) is 0 Å². The number of allylic oxidation sites excluding steroid dienone is 2. The highest BCUT2D eigenvalue weighted by atomic mass is 16.3. The van der Waals surface area contributed by atoms with Crippen molar-refractivity contribution >= 4 is 38.0 Å². The van der Waals surface area contributed by atoms with Crippen LogP contribution in [0.3, 0.4) is 0 Å². The van der Waals surface area contributed by atoms with E-state index in [0.29, 0.717) is 11.8 Å². The first-order valence-corrected chi connectivity index (χ1v) is 14.3. The van der Waals surface area contributed by atoms with Crippen molar-refractivity contribution in [2.24, 2.45) is 10.9 Å². The standard InChI is InChI=1S/C37H30N2O/c1-22-7-5-11-30-28-10-4-3-9-27(28)29-16-14-26(21-31(29)35(22)30)33-18-19-34(40-33)32-17-15-24-12-13-25-8-6-20-38-37(25)36(24)23(2)39-32/h3-11,14-21,23-24,36H,12-13H2,1-2H3/t23-,24?,36?/m0/s1. The second kappa shape index (κ2) is 9.02. The molecule has 1 aliphatic carbocycles. The quantitative estimate of drug-likeness (QED) is 0.214. The van der Waals surface area contributed by atoms with Crippen molar-refractivity contribution in [3.63, 3.8) is 0 Å². The maximum Gasteiger partial charge on any atom is 0.152 e. The molecule has 0 fully saturated rings. The van der Waals surface area contributed by atoms with Gasteiger partial charge in [0.2, 0.25) is 0 Å². The number of aryl methyl sites for hydroxylation is 2. The zero-order chi connectivity index (χ0) is 26.8. The van der Waals surface area contributed by atoms with E-state index in [1.165, 1.54) is 49.1 Å². The SMILES string of the molecule is Cc1cccc2c3ccccc3c3ccc(-c4ccc(C5=N[C@@H](C)C6c7ncccc7CCC6C=C5)o4)cc3c12. The van der Waals surface area contributed by atoms with Crippen LogP contribution in [0.5, 0.6) is 0 Å². The van der Waals surface area contributed by atoms with Crippen LogP contribution < -0.4 is 0 Å². The number of furan rings is 1. The molecule has 0 saturated carbocycles. The third-order valence-electron chi connectivity index (χ3n) is 9.03. The summed E-state index contributed by atoms with van der Waals surface area (Å²) >= 11 is 0. The van der Waals surface area contributed by atoms with Gasteiger partial charge in [0.15, 0.2) is 5.76 Å². The highest BCUT2D eigenvalue weighted by molar-refractivity contribution is 6.26. The van der Waals surface area contributed by atoms with Crippen LogP contribution in [0.15, 0.2) is 113 Å². The Morgan fingerprint density at radius 2 is 1.57 bits per heavy atom. The lowest BCUT2D eigenvalue weighted by Crippen LogP contribution is -2.27. The lowest BCUT2D eigenvalue weighted by Gasteiger charge is -2.32. The Kier molecular flexibility index (Phi) is 5.28. The van der Waals surface area contributed by atoms with Crippen molar-refractivity contribution in [3.8, 4) is 11.3 Å². The number of nitrogens with zero attached hydrogens (tertiary/aromatic N) is 2. The van der Waals surface area contributed by atoms with Crippen LogP contribution in [-0.2, 0) is 6.42 Å². The van der Waals surface area contributed by atoms with Crippen molar-refractivity contribution in [3.05, 3.63) is 126 Å². The van der Waals surface area contributed by atoms with E-state index >= 15 is 0 Å². The van der Waals surface area contributed by atoms with E-state index in [0.717, 1.165) is 35.6 Å². The molecule has 0 N–H and O–H groups in total. The van der Waals surface area contributed by atoms with Gasteiger partial charge in [0.05, 0.1) is 6.04 Å². The van der Waals surface area contributed by atoms with E-state index in [-0.39, 0.29) is 6.04 Å². The van der Waals surface area contributed by atoms with Crippen molar-refractivity contribution in [1.82, 2.24) is 4.98 Å². The van der Waals surface area contributed by atoms with Crippen LogP contribution in [0, 0.1) is 12.8 Å². The number of aliphatic imine (C=N–C) groups is 1. The van der Waals surface area contributed by atoms with Gasteiger partial charge in [-0.3, -0.25) is 9.98 Å². The minimum Gasteiger partial charge on any atom is -0.454 e. The predicted octanol–water partition coefficient (Wildman–Crippen LogP) is 9.20. The monoisotopic (exact) mass is 518 g/mol. The summed E-state index contributed by atoms with van der Waals surface area (Å²) < 4.78 is 6.52. The largest absolute Gasteiger partial charge is 0.454 e. The second-order valence-electron chi connectivity index (χ2n) is 11.4. The van der Waals surface area contributed by atoms with E-state index in [1.807, 2.05) is 6.20 Å². The van der Waals surface area contributed by atoms with Crippen LogP contribution in [0.2, 0.25) is 0 Å². The van der Waals surface area contributed by atoms with Crippen molar-refractivity contribution in [1.29, 1.82) is 0 Å². The normalized spacial score (nSPS) is 20.4. The van der Waals surface area contributed by atoms with Gasteiger partial charge in [-0.2, -0.15) is 0 Å². The van der Waals surface area contributed by atoms with Gasteiger partial charge >= 0.3 is 0 Å². The number of fused-ring (bicyclic) bond motifs is 9. The van der Waals surface area contributed by atoms with Crippen LogP contribution in [0.1, 0.15) is 41.8 Å². The predicted molar refractivity (Wildman–Crippen MR) is 165 cm³/mol. The molecule has 4 aromatic carbocycles. The van der Waals surface area contributed by atoms with E-state index in [4.69, 9.17) is 14.4 Å². The van der Waals surface area contributed by atoms with Gasteiger partial charge in [0, 0.05) is 23.4 Å². The van der Waals surface area contributed by atoms with E-state index in [1.54, 1.807) is 0 Å². The summed E-state index contributed by atoms with van der Waals surface area (Å²) in [6, 6.07) is 30.6. The van der Waals surface area contributed by atoms with Gasteiger partial charge in [-0.25, -0.2) is 0 Å². The zero-order valence-electron chi connectivity index (χ0n) is 22.8.